The van der Waals surface area contributed by atoms with Crippen molar-refractivity contribution in [1.29, 1.82) is 0 Å². The topological polar surface area (TPSA) is 99.2 Å². The number of nitrogens with zero attached hydrogens (tertiary/aromatic N) is 2. The van der Waals surface area contributed by atoms with Gasteiger partial charge in [-0.3, -0.25) is 4.79 Å². The monoisotopic (exact) mass is 399 g/mol. The Morgan fingerprint density at radius 1 is 1.07 bits per heavy atom. The minimum absolute atomic E-state index is 0.284. The summed E-state index contributed by atoms with van der Waals surface area (Å²) < 4.78 is 3.67. The first-order valence-corrected chi connectivity index (χ1v) is 9.30. The molecule has 0 aliphatic carbocycles. The summed E-state index contributed by atoms with van der Waals surface area (Å²) in [5, 5.41) is 24.3. The standard InChI is InChI=1S/C18H17N5O2S2/c1-11(24)12-3-2-4-15(9-12)21-18(26)20-14-7-5-13(6-8-14)19-17(25)16-10-27-23-22-16/h2-11,24H,1H3,(H,19,25)(H2,20,21,26). The highest BCUT2D eigenvalue weighted by atomic mass is 32.1. The first-order chi connectivity index (χ1) is 13.0. The summed E-state index contributed by atoms with van der Waals surface area (Å²) in [6, 6.07) is 14.5. The molecule has 0 radical (unpaired) electrons. The molecule has 0 spiro atoms. The Morgan fingerprint density at radius 2 is 1.74 bits per heavy atom. The van der Waals surface area contributed by atoms with Crippen LogP contribution in [0.3, 0.4) is 0 Å². The summed E-state index contributed by atoms with van der Waals surface area (Å²) in [5.74, 6) is -0.306. The van der Waals surface area contributed by atoms with Crippen LogP contribution in [-0.4, -0.2) is 25.7 Å². The van der Waals surface area contributed by atoms with Crippen molar-refractivity contribution in [2.75, 3.05) is 16.0 Å². The second kappa shape index (κ2) is 8.67. The third-order valence-electron chi connectivity index (χ3n) is 3.62. The normalized spacial score (nSPS) is 11.5. The van der Waals surface area contributed by atoms with E-state index in [-0.39, 0.29) is 11.6 Å². The summed E-state index contributed by atoms with van der Waals surface area (Å²) in [6.07, 6.45) is -0.545. The zero-order valence-electron chi connectivity index (χ0n) is 14.3. The molecular weight excluding hydrogens is 382 g/mol. The number of carbonyl (C=O) groups is 1. The molecule has 7 nitrogen and oxygen atoms in total. The second-order valence-corrected chi connectivity index (χ2v) is 6.72. The highest BCUT2D eigenvalue weighted by Crippen LogP contribution is 2.18. The Kier molecular flexibility index (Phi) is 6.07. The number of thiocarbonyl (C=S) groups is 1. The first kappa shape index (κ1) is 18.9. The second-order valence-electron chi connectivity index (χ2n) is 5.70. The van der Waals surface area contributed by atoms with Crippen molar-refractivity contribution < 1.29 is 9.90 Å². The lowest BCUT2D eigenvalue weighted by molar-refractivity contribution is 0.102. The largest absolute Gasteiger partial charge is 0.389 e. The zero-order valence-corrected chi connectivity index (χ0v) is 16.0. The van der Waals surface area contributed by atoms with Crippen molar-refractivity contribution in [3.05, 3.63) is 65.2 Å². The van der Waals surface area contributed by atoms with Crippen molar-refractivity contribution in [1.82, 2.24) is 9.59 Å². The molecule has 1 amide bonds. The Bertz CT molecular complexity index is 927. The maximum Gasteiger partial charge on any atom is 0.277 e. The molecule has 4 N–H and O–H groups in total. The molecule has 3 aromatic rings. The smallest absolute Gasteiger partial charge is 0.277 e. The minimum Gasteiger partial charge on any atom is -0.389 e. The minimum atomic E-state index is -0.545. The van der Waals surface area contributed by atoms with Gasteiger partial charge in [-0.15, -0.1) is 5.10 Å². The van der Waals surface area contributed by atoms with E-state index in [1.54, 1.807) is 36.6 Å². The number of rotatable bonds is 5. The van der Waals surface area contributed by atoms with Gasteiger partial charge in [0.15, 0.2) is 10.8 Å². The van der Waals surface area contributed by atoms with Crippen molar-refractivity contribution in [2.45, 2.75) is 13.0 Å². The van der Waals surface area contributed by atoms with Crippen LogP contribution >= 0.6 is 23.8 Å². The van der Waals surface area contributed by atoms with E-state index in [0.717, 1.165) is 28.5 Å². The molecule has 9 heteroatoms. The lowest BCUT2D eigenvalue weighted by Crippen LogP contribution is -2.19. The number of benzene rings is 2. The van der Waals surface area contributed by atoms with E-state index in [4.69, 9.17) is 12.2 Å². The van der Waals surface area contributed by atoms with Gasteiger partial charge in [-0.25, -0.2) is 0 Å². The fourth-order valence-corrected chi connectivity index (χ4v) is 2.94. The molecule has 0 bridgehead atoms. The number of hydrogen-bond donors (Lipinski definition) is 4. The number of hydrogen-bond acceptors (Lipinski definition) is 6. The van der Waals surface area contributed by atoms with E-state index < -0.39 is 6.10 Å². The van der Waals surface area contributed by atoms with Gasteiger partial charge in [-0.1, -0.05) is 16.6 Å². The fourth-order valence-electron chi connectivity index (χ4n) is 2.27. The third kappa shape index (κ3) is 5.30. The predicted octanol–water partition coefficient (Wildman–Crippen LogP) is 3.65. The van der Waals surface area contributed by atoms with Gasteiger partial charge in [0.1, 0.15) is 0 Å². The predicted molar refractivity (Wildman–Crippen MR) is 111 cm³/mol. The molecular formula is C18H17N5O2S2. The van der Waals surface area contributed by atoms with Gasteiger partial charge in [-0.05, 0) is 72.6 Å². The fraction of sp³-hybridized carbons (Fsp3) is 0.111. The zero-order chi connectivity index (χ0) is 19.2. The van der Waals surface area contributed by atoms with Crippen LogP contribution in [-0.2, 0) is 0 Å². The van der Waals surface area contributed by atoms with E-state index >= 15 is 0 Å². The van der Waals surface area contributed by atoms with Crippen LogP contribution in [0.15, 0.2) is 53.9 Å². The van der Waals surface area contributed by atoms with Crippen molar-refractivity contribution in [2.24, 2.45) is 0 Å². The highest BCUT2D eigenvalue weighted by Gasteiger charge is 2.09. The van der Waals surface area contributed by atoms with Gasteiger partial charge in [0.05, 0.1) is 6.10 Å². The van der Waals surface area contributed by atoms with Gasteiger partial charge in [0, 0.05) is 22.4 Å². The van der Waals surface area contributed by atoms with Crippen molar-refractivity contribution >= 4 is 51.8 Å². The van der Waals surface area contributed by atoms with E-state index in [2.05, 4.69) is 25.5 Å². The van der Waals surface area contributed by atoms with Gasteiger partial charge in [-0.2, -0.15) is 0 Å². The maximum absolute atomic E-state index is 11.9. The summed E-state index contributed by atoms with van der Waals surface area (Å²) in [6.45, 7) is 1.71. The average molecular weight is 400 g/mol. The Hall–Kier alpha value is -2.88. The van der Waals surface area contributed by atoms with E-state index in [0.29, 0.717) is 10.8 Å². The molecule has 0 aliphatic rings. The van der Waals surface area contributed by atoms with Gasteiger partial charge in [0.2, 0.25) is 0 Å². The van der Waals surface area contributed by atoms with Gasteiger partial charge < -0.3 is 21.1 Å². The quantitative estimate of drug-likeness (QED) is 0.486. The summed E-state index contributed by atoms with van der Waals surface area (Å²) >= 11 is 6.44. The van der Waals surface area contributed by atoms with Crippen LogP contribution in [0.1, 0.15) is 29.1 Å². The lowest BCUT2D eigenvalue weighted by Gasteiger charge is -2.13. The summed E-state index contributed by atoms with van der Waals surface area (Å²) in [4.78, 5) is 11.9. The molecule has 0 fully saturated rings. The number of aliphatic hydroxyl groups excluding tert-OH is 1. The average Bonchev–Trinajstić information content (AvgIpc) is 3.18. The first-order valence-electron chi connectivity index (χ1n) is 8.06. The SMILES string of the molecule is CC(O)c1cccc(NC(=S)Nc2ccc(NC(=O)c3csnn3)cc2)c1. The van der Waals surface area contributed by atoms with Gasteiger partial charge >= 0.3 is 0 Å². The number of amides is 1. The molecule has 1 heterocycles. The molecule has 138 valence electrons. The van der Waals surface area contributed by atoms with Gasteiger partial charge in [0.25, 0.3) is 5.91 Å². The maximum atomic E-state index is 11.9. The molecule has 3 rings (SSSR count). The number of aromatic nitrogens is 2. The third-order valence-corrected chi connectivity index (χ3v) is 4.33. The molecule has 27 heavy (non-hydrogen) atoms. The Balaban J connectivity index is 1.57. The van der Waals surface area contributed by atoms with Crippen LogP contribution < -0.4 is 16.0 Å². The molecule has 1 atom stereocenters. The van der Waals surface area contributed by atoms with Crippen molar-refractivity contribution in [3.8, 4) is 0 Å². The molecule has 1 aromatic heterocycles. The molecule has 0 saturated heterocycles. The van der Waals surface area contributed by atoms with Crippen LogP contribution in [0.2, 0.25) is 0 Å². The van der Waals surface area contributed by atoms with Crippen molar-refractivity contribution in [3.63, 3.8) is 0 Å². The number of anilines is 3. The number of carbonyl (C=O) groups excluding carboxylic acids is 1. The molecule has 1 unspecified atom stereocenters. The Morgan fingerprint density at radius 3 is 2.37 bits per heavy atom. The highest BCUT2D eigenvalue weighted by molar-refractivity contribution is 7.80. The van der Waals surface area contributed by atoms with Crippen LogP contribution in [0, 0.1) is 0 Å². The van der Waals surface area contributed by atoms with E-state index in [1.807, 2.05) is 24.3 Å². The molecule has 2 aromatic carbocycles. The van der Waals surface area contributed by atoms with E-state index in [9.17, 15) is 9.90 Å². The summed E-state index contributed by atoms with van der Waals surface area (Å²) in [5.41, 5.74) is 3.28. The Labute approximate surface area is 165 Å². The van der Waals surface area contributed by atoms with Crippen LogP contribution in [0.5, 0.6) is 0 Å². The number of aliphatic hydroxyl groups is 1. The van der Waals surface area contributed by atoms with Crippen LogP contribution in [0.25, 0.3) is 0 Å². The summed E-state index contributed by atoms with van der Waals surface area (Å²) in [7, 11) is 0. The van der Waals surface area contributed by atoms with E-state index in [1.165, 1.54) is 0 Å². The molecule has 0 saturated carbocycles. The van der Waals surface area contributed by atoms with Crippen LogP contribution in [0.4, 0.5) is 17.1 Å². The lowest BCUT2D eigenvalue weighted by atomic mass is 10.1. The number of nitrogens with one attached hydrogen (secondary N) is 3. The molecule has 0 aliphatic heterocycles.